The Morgan fingerprint density at radius 1 is 1.37 bits per heavy atom. The molecule has 0 unspecified atom stereocenters. The number of amides is 1. The lowest BCUT2D eigenvalue weighted by atomic mass is 10.2. The molecular weight excluding hydrogens is 238 g/mol. The molecule has 0 spiro atoms. The molecule has 1 N–H and O–H groups in total. The van der Waals surface area contributed by atoms with E-state index in [2.05, 4.69) is 11.4 Å². The van der Waals surface area contributed by atoms with Gasteiger partial charge >= 0.3 is 0 Å². The Morgan fingerprint density at radius 3 is 2.74 bits per heavy atom. The van der Waals surface area contributed by atoms with E-state index in [-0.39, 0.29) is 12.5 Å². The molecule has 100 valence electrons. The summed E-state index contributed by atoms with van der Waals surface area (Å²) < 4.78 is 0. The third-order valence-electron chi connectivity index (χ3n) is 3.24. The lowest BCUT2D eigenvalue weighted by Gasteiger charge is -2.20. The van der Waals surface area contributed by atoms with E-state index in [9.17, 15) is 4.79 Å². The van der Waals surface area contributed by atoms with Crippen LogP contribution in [0.2, 0.25) is 0 Å². The van der Waals surface area contributed by atoms with Crippen molar-refractivity contribution in [3.05, 3.63) is 35.9 Å². The molecule has 0 heterocycles. The van der Waals surface area contributed by atoms with Crippen molar-refractivity contribution in [3.8, 4) is 6.07 Å². The van der Waals surface area contributed by atoms with Gasteiger partial charge in [-0.05, 0) is 30.9 Å². The van der Waals surface area contributed by atoms with Gasteiger partial charge in [0.2, 0.25) is 5.91 Å². The number of hydrogen-bond acceptors (Lipinski definition) is 3. The van der Waals surface area contributed by atoms with Crippen LogP contribution in [0.25, 0.3) is 0 Å². The first-order chi connectivity index (χ1) is 9.29. The molecule has 1 aromatic rings. The molecule has 1 fully saturated rings. The van der Waals surface area contributed by atoms with E-state index in [0.717, 1.165) is 18.0 Å². The fourth-order valence-corrected chi connectivity index (χ4v) is 1.94. The first-order valence-corrected chi connectivity index (χ1v) is 6.69. The number of nitrogens with zero attached hydrogens (tertiary/aromatic N) is 2. The topological polar surface area (TPSA) is 56.1 Å². The fraction of sp³-hybridized carbons (Fsp3) is 0.467. The van der Waals surface area contributed by atoms with E-state index in [0.29, 0.717) is 13.1 Å². The maximum Gasteiger partial charge on any atom is 0.237 e. The average molecular weight is 257 g/mol. The van der Waals surface area contributed by atoms with Gasteiger partial charge in [0.05, 0.1) is 12.6 Å². The summed E-state index contributed by atoms with van der Waals surface area (Å²) in [6.45, 7) is 1.87. The molecular formula is C15H19N3O. The average Bonchev–Trinajstić information content (AvgIpc) is 3.23. The second-order valence-corrected chi connectivity index (χ2v) is 4.97. The largest absolute Gasteiger partial charge is 0.324 e. The molecule has 0 saturated heterocycles. The minimum absolute atomic E-state index is 0.00828. The van der Waals surface area contributed by atoms with Crippen LogP contribution in [0.5, 0.6) is 0 Å². The zero-order valence-electron chi connectivity index (χ0n) is 11.0. The highest BCUT2D eigenvalue weighted by Crippen LogP contribution is 2.27. The van der Waals surface area contributed by atoms with Crippen molar-refractivity contribution in [2.24, 2.45) is 5.92 Å². The number of hydrogen-bond donors (Lipinski definition) is 1. The quantitative estimate of drug-likeness (QED) is 0.754. The third-order valence-corrected chi connectivity index (χ3v) is 3.24. The monoisotopic (exact) mass is 257 g/mol. The number of nitriles is 1. The van der Waals surface area contributed by atoms with Crippen molar-refractivity contribution in [2.75, 3.05) is 19.6 Å². The van der Waals surface area contributed by atoms with Crippen LogP contribution < -0.4 is 5.32 Å². The van der Waals surface area contributed by atoms with Crippen LogP contribution in [0.1, 0.15) is 18.4 Å². The molecule has 0 aliphatic heterocycles. The zero-order valence-corrected chi connectivity index (χ0v) is 11.0. The number of benzene rings is 1. The van der Waals surface area contributed by atoms with Gasteiger partial charge in [0.25, 0.3) is 0 Å². The Bertz CT molecular complexity index is 448. The highest BCUT2D eigenvalue weighted by Gasteiger charge is 2.21. The number of carbonyl (C=O) groups is 1. The molecule has 1 amide bonds. The van der Waals surface area contributed by atoms with Gasteiger partial charge < -0.3 is 10.2 Å². The molecule has 4 heteroatoms. The SMILES string of the molecule is N#CCN(Cc1ccccc1)C(=O)CNCC1CC1. The smallest absolute Gasteiger partial charge is 0.237 e. The van der Waals surface area contributed by atoms with Gasteiger partial charge in [-0.1, -0.05) is 30.3 Å². The van der Waals surface area contributed by atoms with Gasteiger partial charge in [0.15, 0.2) is 0 Å². The summed E-state index contributed by atoms with van der Waals surface area (Å²) in [5.41, 5.74) is 1.05. The Kier molecular flexibility index (Phi) is 4.93. The zero-order chi connectivity index (χ0) is 13.5. The van der Waals surface area contributed by atoms with Crippen LogP contribution in [0.4, 0.5) is 0 Å². The molecule has 4 nitrogen and oxygen atoms in total. The molecule has 2 rings (SSSR count). The molecule has 19 heavy (non-hydrogen) atoms. The van der Waals surface area contributed by atoms with E-state index in [1.165, 1.54) is 12.8 Å². The summed E-state index contributed by atoms with van der Waals surface area (Å²) in [6.07, 6.45) is 2.54. The Balaban J connectivity index is 1.83. The summed E-state index contributed by atoms with van der Waals surface area (Å²) in [4.78, 5) is 13.6. The minimum Gasteiger partial charge on any atom is -0.324 e. The lowest BCUT2D eigenvalue weighted by molar-refractivity contribution is -0.130. The lowest BCUT2D eigenvalue weighted by Crippen LogP contribution is -2.38. The van der Waals surface area contributed by atoms with Gasteiger partial charge in [-0.15, -0.1) is 0 Å². The normalized spacial score (nSPS) is 13.8. The molecule has 1 aliphatic carbocycles. The van der Waals surface area contributed by atoms with Crippen LogP contribution >= 0.6 is 0 Å². The maximum absolute atomic E-state index is 12.1. The molecule has 0 radical (unpaired) electrons. The van der Waals surface area contributed by atoms with Crippen LogP contribution in [-0.2, 0) is 11.3 Å². The van der Waals surface area contributed by atoms with E-state index in [4.69, 9.17) is 5.26 Å². The molecule has 1 saturated carbocycles. The first kappa shape index (κ1) is 13.6. The van der Waals surface area contributed by atoms with E-state index in [1.807, 2.05) is 30.3 Å². The molecule has 0 aromatic heterocycles. The summed E-state index contributed by atoms with van der Waals surface area (Å²) in [7, 11) is 0. The van der Waals surface area contributed by atoms with E-state index >= 15 is 0 Å². The predicted octanol–water partition coefficient (Wildman–Crippen LogP) is 1.54. The minimum atomic E-state index is -0.00828. The van der Waals surface area contributed by atoms with Crippen molar-refractivity contribution < 1.29 is 4.79 Å². The number of nitrogens with one attached hydrogen (secondary N) is 1. The second kappa shape index (κ2) is 6.91. The summed E-state index contributed by atoms with van der Waals surface area (Å²) in [5, 5.41) is 12.0. The van der Waals surface area contributed by atoms with E-state index in [1.54, 1.807) is 4.90 Å². The summed E-state index contributed by atoms with van der Waals surface area (Å²) in [6, 6.07) is 11.8. The van der Waals surface area contributed by atoms with Crippen molar-refractivity contribution in [1.82, 2.24) is 10.2 Å². The summed E-state index contributed by atoms with van der Waals surface area (Å²) >= 11 is 0. The van der Waals surface area contributed by atoms with Crippen molar-refractivity contribution >= 4 is 5.91 Å². The number of rotatable bonds is 7. The fourth-order valence-electron chi connectivity index (χ4n) is 1.94. The standard InChI is InChI=1S/C15H19N3O/c16-8-9-18(12-14-4-2-1-3-5-14)15(19)11-17-10-13-6-7-13/h1-5,13,17H,6-7,9-12H2. The van der Waals surface area contributed by atoms with E-state index < -0.39 is 0 Å². The third kappa shape index (κ3) is 4.72. The molecule has 0 bridgehead atoms. The van der Waals surface area contributed by atoms with Gasteiger partial charge in [-0.2, -0.15) is 5.26 Å². The number of carbonyl (C=O) groups excluding carboxylic acids is 1. The van der Waals surface area contributed by atoms with Gasteiger partial charge in [0, 0.05) is 6.54 Å². The van der Waals surface area contributed by atoms with Crippen molar-refractivity contribution in [1.29, 1.82) is 5.26 Å². The molecule has 0 atom stereocenters. The first-order valence-electron chi connectivity index (χ1n) is 6.69. The summed E-state index contributed by atoms with van der Waals surface area (Å²) in [5.74, 6) is 0.748. The highest BCUT2D eigenvalue weighted by atomic mass is 16.2. The Labute approximate surface area is 114 Å². The Hall–Kier alpha value is -1.86. The molecule has 1 aliphatic rings. The maximum atomic E-state index is 12.1. The van der Waals surface area contributed by atoms with Crippen LogP contribution in [0.3, 0.4) is 0 Å². The van der Waals surface area contributed by atoms with Crippen LogP contribution in [0.15, 0.2) is 30.3 Å². The van der Waals surface area contributed by atoms with Crippen molar-refractivity contribution in [2.45, 2.75) is 19.4 Å². The van der Waals surface area contributed by atoms with Crippen LogP contribution in [-0.4, -0.2) is 30.4 Å². The van der Waals surface area contributed by atoms with Crippen molar-refractivity contribution in [3.63, 3.8) is 0 Å². The highest BCUT2D eigenvalue weighted by molar-refractivity contribution is 5.78. The Morgan fingerprint density at radius 2 is 2.11 bits per heavy atom. The van der Waals surface area contributed by atoms with Gasteiger partial charge in [0.1, 0.15) is 6.54 Å². The molecule has 1 aromatic carbocycles. The van der Waals surface area contributed by atoms with Gasteiger partial charge in [-0.3, -0.25) is 4.79 Å². The van der Waals surface area contributed by atoms with Crippen LogP contribution in [0, 0.1) is 17.2 Å². The predicted molar refractivity (Wildman–Crippen MR) is 73.1 cm³/mol. The van der Waals surface area contributed by atoms with Gasteiger partial charge in [-0.25, -0.2) is 0 Å². The second-order valence-electron chi connectivity index (χ2n) is 4.97.